The van der Waals surface area contributed by atoms with Crippen LogP contribution in [0.2, 0.25) is 0 Å². The lowest BCUT2D eigenvalue weighted by molar-refractivity contribution is 0.187. The molecule has 0 aliphatic carbocycles. The van der Waals surface area contributed by atoms with Gasteiger partial charge in [-0.1, -0.05) is 52.0 Å². The zero-order valence-corrected chi connectivity index (χ0v) is 13.2. The molecule has 0 fully saturated rings. The molecule has 0 saturated heterocycles. The Balaban J connectivity index is 2.91. The maximum atomic E-state index is 3.64. The fourth-order valence-corrected chi connectivity index (χ4v) is 2.76. The van der Waals surface area contributed by atoms with Crippen LogP contribution in [0.5, 0.6) is 0 Å². The Kier molecular flexibility index (Phi) is 7.11. The minimum atomic E-state index is 0.413. The van der Waals surface area contributed by atoms with E-state index in [2.05, 4.69) is 69.1 Å². The third kappa shape index (κ3) is 4.32. The summed E-state index contributed by atoms with van der Waals surface area (Å²) < 4.78 is 0. The smallest absolute Gasteiger partial charge is 0.0475 e. The summed E-state index contributed by atoms with van der Waals surface area (Å²) in [6, 6.07) is 10.0. The summed E-state index contributed by atoms with van der Waals surface area (Å²) in [4.78, 5) is 2.51. The van der Waals surface area contributed by atoms with Crippen molar-refractivity contribution in [1.29, 1.82) is 0 Å². The summed E-state index contributed by atoms with van der Waals surface area (Å²) in [6.07, 6.45) is 1.11. The molecule has 0 radical (unpaired) electrons. The van der Waals surface area contributed by atoms with Crippen LogP contribution >= 0.6 is 0 Å². The molecule has 0 heterocycles. The molecule has 0 amide bonds. The molecule has 2 atom stereocenters. The Bertz CT molecular complexity index is 341. The van der Waals surface area contributed by atoms with E-state index in [0.717, 1.165) is 26.1 Å². The zero-order valence-electron chi connectivity index (χ0n) is 13.2. The van der Waals surface area contributed by atoms with E-state index in [9.17, 15) is 0 Å². The number of nitrogens with zero attached hydrogens (tertiary/aromatic N) is 1. The highest BCUT2D eigenvalue weighted by molar-refractivity contribution is 5.26. The molecule has 108 valence electrons. The van der Waals surface area contributed by atoms with Crippen molar-refractivity contribution in [2.24, 2.45) is 0 Å². The van der Waals surface area contributed by atoms with Crippen LogP contribution < -0.4 is 5.32 Å². The van der Waals surface area contributed by atoms with Gasteiger partial charge in [-0.15, -0.1) is 0 Å². The van der Waals surface area contributed by atoms with Gasteiger partial charge in [0.2, 0.25) is 0 Å². The van der Waals surface area contributed by atoms with E-state index >= 15 is 0 Å². The van der Waals surface area contributed by atoms with Crippen molar-refractivity contribution in [3.8, 4) is 0 Å². The highest BCUT2D eigenvalue weighted by Gasteiger charge is 2.22. The largest absolute Gasteiger partial charge is 0.309 e. The second-order valence-electron chi connectivity index (χ2n) is 5.09. The average Bonchev–Trinajstić information content (AvgIpc) is 2.46. The fourth-order valence-electron chi connectivity index (χ4n) is 2.76. The standard InChI is InChI=1S/C17H30N2/c1-6-15-10-12-16(13-11-15)17(18-7-2)14(5)19(8-3)9-4/h10-14,17-18H,6-9H2,1-5H3. The van der Waals surface area contributed by atoms with E-state index in [1.54, 1.807) is 0 Å². The van der Waals surface area contributed by atoms with Gasteiger partial charge >= 0.3 is 0 Å². The molecule has 2 heteroatoms. The maximum absolute atomic E-state index is 3.64. The van der Waals surface area contributed by atoms with Gasteiger partial charge in [0.15, 0.2) is 0 Å². The normalized spacial score (nSPS) is 14.6. The van der Waals surface area contributed by atoms with E-state index < -0.39 is 0 Å². The summed E-state index contributed by atoms with van der Waals surface area (Å²) in [6.45, 7) is 14.4. The van der Waals surface area contributed by atoms with Crippen LogP contribution in [-0.4, -0.2) is 30.6 Å². The van der Waals surface area contributed by atoms with Crippen LogP contribution in [0.15, 0.2) is 24.3 Å². The van der Waals surface area contributed by atoms with E-state index in [0.29, 0.717) is 12.1 Å². The Morgan fingerprint density at radius 3 is 2.00 bits per heavy atom. The number of benzene rings is 1. The number of rotatable bonds is 8. The molecule has 2 nitrogen and oxygen atoms in total. The van der Waals surface area contributed by atoms with Crippen molar-refractivity contribution < 1.29 is 0 Å². The number of aryl methyl sites for hydroxylation is 1. The summed E-state index contributed by atoms with van der Waals surface area (Å²) in [5.41, 5.74) is 2.81. The Labute approximate surface area is 119 Å². The van der Waals surface area contributed by atoms with Gasteiger partial charge in [0.05, 0.1) is 0 Å². The number of hydrogen-bond acceptors (Lipinski definition) is 2. The van der Waals surface area contributed by atoms with E-state index in [-0.39, 0.29) is 0 Å². The van der Waals surface area contributed by atoms with Crippen molar-refractivity contribution >= 4 is 0 Å². The number of nitrogens with one attached hydrogen (secondary N) is 1. The summed E-state index contributed by atoms with van der Waals surface area (Å²) >= 11 is 0. The third-order valence-electron chi connectivity index (χ3n) is 4.04. The fraction of sp³-hybridized carbons (Fsp3) is 0.647. The molecule has 0 aliphatic rings. The van der Waals surface area contributed by atoms with E-state index in [1.807, 2.05) is 0 Å². The van der Waals surface area contributed by atoms with Crippen molar-refractivity contribution in [3.63, 3.8) is 0 Å². The van der Waals surface area contributed by atoms with E-state index in [4.69, 9.17) is 0 Å². The molecule has 2 unspecified atom stereocenters. The molecular formula is C17H30N2. The molecule has 1 aromatic carbocycles. The molecule has 0 aromatic heterocycles. The lowest BCUT2D eigenvalue weighted by Crippen LogP contribution is -2.42. The molecule has 0 bridgehead atoms. The average molecular weight is 262 g/mol. The second kappa shape index (κ2) is 8.34. The second-order valence-corrected chi connectivity index (χ2v) is 5.09. The maximum Gasteiger partial charge on any atom is 0.0475 e. The van der Waals surface area contributed by atoms with Crippen molar-refractivity contribution in [1.82, 2.24) is 10.2 Å². The van der Waals surface area contributed by atoms with E-state index in [1.165, 1.54) is 11.1 Å². The topological polar surface area (TPSA) is 15.3 Å². The molecule has 1 N–H and O–H groups in total. The van der Waals surface area contributed by atoms with Crippen LogP contribution in [0.25, 0.3) is 0 Å². The number of likely N-dealkylation sites (N-methyl/N-ethyl adjacent to an activating group) is 2. The van der Waals surface area contributed by atoms with Gasteiger partial charge in [-0.05, 0) is 44.1 Å². The van der Waals surface area contributed by atoms with Crippen LogP contribution in [-0.2, 0) is 6.42 Å². The molecule has 1 aromatic rings. The quantitative estimate of drug-likeness (QED) is 0.769. The van der Waals surface area contributed by atoms with Crippen molar-refractivity contribution in [3.05, 3.63) is 35.4 Å². The monoisotopic (exact) mass is 262 g/mol. The van der Waals surface area contributed by atoms with Crippen LogP contribution in [0, 0.1) is 0 Å². The molecular weight excluding hydrogens is 232 g/mol. The highest BCUT2D eigenvalue weighted by Crippen LogP contribution is 2.21. The molecule has 0 spiro atoms. The van der Waals surface area contributed by atoms with Gasteiger partial charge in [0.1, 0.15) is 0 Å². The van der Waals surface area contributed by atoms with Gasteiger partial charge in [-0.2, -0.15) is 0 Å². The zero-order chi connectivity index (χ0) is 14.3. The first-order valence-corrected chi connectivity index (χ1v) is 7.74. The molecule has 19 heavy (non-hydrogen) atoms. The SMILES string of the molecule is CCNC(c1ccc(CC)cc1)C(C)N(CC)CC. The lowest BCUT2D eigenvalue weighted by Gasteiger charge is -2.34. The number of hydrogen-bond donors (Lipinski definition) is 1. The van der Waals surface area contributed by atoms with Crippen LogP contribution in [0.1, 0.15) is 51.8 Å². The Morgan fingerprint density at radius 1 is 1.00 bits per heavy atom. The van der Waals surface area contributed by atoms with Crippen LogP contribution in [0.4, 0.5) is 0 Å². The lowest BCUT2D eigenvalue weighted by atomic mass is 9.97. The molecule has 1 rings (SSSR count). The Hall–Kier alpha value is -0.860. The molecule has 0 saturated carbocycles. The predicted molar refractivity (Wildman–Crippen MR) is 84.6 cm³/mol. The predicted octanol–water partition coefficient (Wildman–Crippen LogP) is 3.63. The summed E-state index contributed by atoms with van der Waals surface area (Å²) in [7, 11) is 0. The summed E-state index contributed by atoms with van der Waals surface area (Å²) in [5, 5.41) is 3.64. The third-order valence-corrected chi connectivity index (χ3v) is 4.04. The molecule has 0 aliphatic heterocycles. The van der Waals surface area contributed by atoms with Gasteiger partial charge in [-0.3, -0.25) is 4.90 Å². The van der Waals surface area contributed by atoms with Gasteiger partial charge < -0.3 is 5.32 Å². The first kappa shape index (κ1) is 16.2. The highest BCUT2D eigenvalue weighted by atomic mass is 15.2. The summed E-state index contributed by atoms with van der Waals surface area (Å²) in [5.74, 6) is 0. The first-order chi connectivity index (χ1) is 9.17. The first-order valence-electron chi connectivity index (χ1n) is 7.74. The van der Waals surface area contributed by atoms with Gasteiger partial charge in [0, 0.05) is 12.1 Å². The minimum Gasteiger partial charge on any atom is -0.309 e. The van der Waals surface area contributed by atoms with Gasteiger partial charge in [0.25, 0.3) is 0 Å². The minimum absolute atomic E-state index is 0.413. The van der Waals surface area contributed by atoms with Crippen molar-refractivity contribution in [2.75, 3.05) is 19.6 Å². The van der Waals surface area contributed by atoms with Gasteiger partial charge in [-0.25, -0.2) is 0 Å². The van der Waals surface area contributed by atoms with Crippen molar-refractivity contribution in [2.45, 2.75) is 53.1 Å². The Morgan fingerprint density at radius 2 is 1.58 bits per heavy atom. The van der Waals surface area contributed by atoms with Crippen LogP contribution in [0.3, 0.4) is 0 Å².